The van der Waals surface area contributed by atoms with Crippen LogP contribution in [0.5, 0.6) is 0 Å². The number of carbonyl (C=O) groups is 1. The number of rotatable bonds is 45. The molecule has 1 amide bonds. The van der Waals surface area contributed by atoms with Gasteiger partial charge in [-0.1, -0.05) is 223 Å². The van der Waals surface area contributed by atoms with Crippen molar-refractivity contribution in [2.45, 2.75) is 281 Å². The van der Waals surface area contributed by atoms with Gasteiger partial charge in [0.25, 0.3) is 0 Å². The van der Waals surface area contributed by atoms with Crippen LogP contribution in [0.3, 0.4) is 0 Å². The van der Waals surface area contributed by atoms with Gasteiger partial charge in [-0.3, -0.25) is 4.79 Å². The average Bonchev–Trinajstić information content (AvgIpc) is 3.29. The van der Waals surface area contributed by atoms with Crippen molar-refractivity contribution < 1.29 is 39.8 Å². The molecule has 0 aromatic carbocycles. The number of unbranched alkanes of at least 4 members (excludes halogenated alkanes) is 29. The quantitative estimate of drug-likeness (QED) is 0.0261. The lowest BCUT2D eigenvalue weighted by Gasteiger charge is -2.40. The fraction of sp³-hybridized carbons (Fsp3) is 0.836. The van der Waals surface area contributed by atoms with Gasteiger partial charge in [0.2, 0.25) is 5.91 Å². The Bertz CT molecular complexity index is 1140. The van der Waals surface area contributed by atoms with E-state index in [4.69, 9.17) is 9.47 Å². The molecule has 0 spiro atoms. The molecule has 64 heavy (non-hydrogen) atoms. The fourth-order valence-electron chi connectivity index (χ4n) is 8.34. The van der Waals surface area contributed by atoms with Crippen molar-refractivity contribution in [2.24, 2.45) is 0 Å². The Labute approximate surface area is 393 Å². The minimum absolute atomic E-state index is 0.189. The van der Waals surface area contributed by atoms with E-state index in [2.05, 4.69) is 55.6 Å². The molecule has 9 nitrogen and oxygen atoms in total. The number of allylic oxidation sites excluding steroid dienone is 7. The molecular formula is C55H101NO8. The highest BCUT2D eigenvalue weighted by Crippen LogP contribution is 2.23. The first-order valence-electron chi connectivity index (χ1n) is 26.9. The first-order chi connectivity index (χ1) is 31.3. The lowest BCUT2D eigenvalue weighted by atomic mass is 9.99. The van der Waals surface area contributed by atoms with Crippen molar-refractivity contribution in [3.05, 3.63) is 48.6 Å². The first-order valence-corrected chi connectivity index (χ1v) is 26.9. The lowest BCUT2D eigenvalue weighted by Crippen LogP contribution is -2.60. The molecule has 7 atom stereocenters. The highest BCUT2D eigenvalue weighted by atomic mass is 16.7. The van der Waals surface area contributed by atoms with Gasteiger partial charge in [-0.2, -0.15) is 0 Å². The molecule has 1 heterocycles. The van der Waals surface area contributed by atoms with Gasteiger partial charge in [0, 0.05) is 6.42 Å². The second kappa shape index (κ2) is 45.0. The normalized spacial score (nSPS) is 20.4. The summed E-state index contributed by atoms with van der Waals surface area (Å²) >= 11 is 0. The third-order valence-electron chi connectivity index (χ3n) is 12.6. The minimum Gasteiger partial charge on any atom is -0.394 e. The van der Waals surface area contributed by atoms with E-state index in [1.165, 1.54) is 154 Å². The van der Waals surface area contributed by atoms with Crippen molar-refractivity contribution in [3.8, 4) is 0 Å². The summed E-state index contributed by atoms with van der Waals surface area (Å²) in [6, 6.07) is -0.813. The fourth-order valence-corrected chi connectivity index (χ4v) is 8.34. The van der Waals surface area contributed by atoms with Crippen LogP contribution in [0, 0.1) is 0 Å². The van der Waals surface area contributed by atoms with Crippen molar-refractivity contribution >= 4 is 5.91 Å². The summed E-state index contributed by atoms with van der Waals surface area (Å²) in [4.78, 5) is 13.0. The van der Waals surface area contributed by atoms with Gasteiger partial charge in [0.15, 0.2) is 6.29 Å². The Morgan fingerprint density at radius 2 is 0.922 bits per heavy atom. The molecule has 1 fully saturated rings. The Kier molecular flexibility index (Phi) is 42.3. The molecule has 9 heteroatoms. The average molecular weight is 904 g/mol. The van der Waals surface area contributed by atoms with Gasteiger partial charge in [0.1, 0.15) is 24.4 Å². The van der Waals surface area contributed by atoms with Crippen LogP contribution in [0.4, 0.5) is 0 Å². The monoisotopic (exact) mass is 904 g/mol. The van der Waals surface area contributed by atoms with E-state index < -0.39 is 49.5 Å². The number of ether oxygens (including phenoxy) is 2. The summed E-state index contributed by atoms with van der Waals surface area (Å²) in [5, 5.41) is 54.4. The van der Waals surface area contributed by atoms with Crippen LogP contribution in [0.2, 0.25) is 0 Å². The second-order valence-electron chi connectivity index (χ2n) is 18.7. The molecule has 1 aliphatic rings. The number of aliphatic hydroxyl groups excluding tert-OH is 5. The predicted octanol–water partition coefficient (Wildman–Crippen LogP) is 12.6. The number of hydrogen-bond donors (Lipinski definition) is 6. The van der Waals surface area contributed by atoms with E-state index in [-0.39, 0.29) is 12.5 Å². The summed E-state index contributed by atoms with van der Waals surface area (Å²) < 4.78 is 11.2. The summed E-state index contributed by atoms with van der Waals surface area (Å²) in [7, 11) is 0. The van der Waals surface area contributed by atoms with Gasteiger partial charge in [-0.15, -0.1) is 0 Å². The summed E-state index contributed by atoms with van der Waals surface area (Å²) in [6.45, 7) is 3.76. The van der Waals surface area contributed by atoms with Crippen molar-refractivity contribution in [1.82, 2.24) is 5.32 Å². The zero-order chi connectivity index (χ0) is 46.6. The Morgan fingerprint density at radius 1 is 0.531 bits per heavy atom. The molecule has 374 valence electrons. The number of carbonyl (C=O) groups excluding carboxylic acids is 1. The largest absolute Gasteiger partial charge is 0.394 e. The van der Waals surface area contributed by atoms with Crippen LogP contribution in [0.1, 0.15) is 239 Å². The van der Waals surface area contributed by atoms with E-state index >= 15 is 0 Å². The van der Waals surface area contributed by atoms with Crippen LogP contribution < -0.4 is 5.32 Å². The zero-order valence-corrected chi connectivity index (χ0v) is 41.3. The molecule has 0 aromatic rings. The Balaban J connectivity index is 2.29. The summed E-state index contributed by atoms with van der Waals surface area (Å²) in [5.74, 6) is -0.189. The van der Waals surface area contributed by atoms with E-state index in [0.717, 1.165) is 64.2 Å². The van der Waals surface area contributed by atoms with Gasteiger partial charge >= 0.3 is 0 Å². The van der Waals surface area contributed by atoms with E-state index in [1.54, 1.807) is 6.08 Å². The standard InChI is InChI=1S/C55H101NO8/c1-3-5-7-9-11-13-15-17-19-21-23-24-25-27-28-30-32-34-36-38-40-42-44-49(58)48(47-63-55-54(62)53(61)52(60)50(46-57)64-55)56-51(59)45-43-41-39-37-35-33-31-29-26-22-20-18-16-14-12-10-8-6-4-2/h12,14,18,20,26,29,42,44,48-50,52-55,57-58,60-62H,3-11,13,15-17,19,21-25,27-28,30-41,43,45-47H2,1-2H3,(H,56,59)/b14-12-,20-18-,29-26-,44-42+. The molecule has 1 aliphatic heterocycles. The van der Waals surface area contributed by atoms with Gasteiger partial charge in [-0.25, -0.2) is 0 Å². The SMILES string of the molecule is CCCCC/C=C\C/C=C\C/C=C\CCCCCCCCC(=O)NC(COC1OC(CO)C(O)C(O)C1O)C(O)/C=C/CCCCCCCCCCCCCCCCCCCCCC. The molecule has 0 radical (unpaired) electrons. The molecule has 1 rings (SSSR count). The van der Waals surface area contributed by atoms with E-state index in [0.29, 0.717) is 6.42 Å². The Hall–Kier alpha value is -1.85. The maximum atomic E-state index is 13.0. The highest BCUT2D eigenvalue weighted by Gasteiger charge is 2.44. The molecule has 0 saturated carbocycles. The van der Waals surface area contributed by atoms with Gasteiger partial charge < -0.3 is 40.3 Å². The van der Waals surface area contributed by atoms with Crippen LogP contribution in [-0.2, 0) is 14.3 Å². The summed E-state index contributed by atoms with van der Waals surface area (Å²) in [5.41, 5.74) is 0. The Morgan fingerprint density at radius 3 is 1.39 bits per heavy atom. The molecule has 0 bridgehead atoms. The van der Waals surface area contributed by atoms with Crippen LogP contribution in [0.15, 0.2) is 48.6 Å². The molecule has 0 aliphatic carbocycles. The molecule has 7 unspecified atom stereocenters. The number of amides is 1. The van der Waals surface area contributed by atoms with Crippen LogP contribution in [-0.4, -0.2) is 87.5 Å². The maximum Gasteiger partial charge on any atom is 0.220 e. The van der Waals surface area contributed by atoms with Crippen molar-refractivity contribution in [2.75, 3.05) is 13.2 Å². The van der Waals surface area contributed by atoms with E-state index in [9.17, 15) is 30.3 Å². The molecule has 6 N–H and O–H groups in total. The zero-order valence-electron chi connectivity index (χ0n) is 41.3. The molecule has 0 aromatic heterocycles. The third kappa shape index (κ3) is 34.5. The number of nitrogens with one attached hydrogen (secondary N) is 1. The van der Waals surface area contributed by atoms with Gasteiger partial charge in [0.05, 0.1) is 25.4 Å². The maximum absolute atomic E-state index is 13.0. The topological polar surface area (TPSA) is 149 Å². The lowest BCUT2D eigenvalue weighted by molar-refractivity contribution is -0.302. The second-order valence-corrected chi connectivity index (χ2v) is 18.7. The van der Waals surface area contributed by atoms with Gasteiger partial charge in [-0.05, 0) is 57.8 Å². The van der Waals surface area contributed by atoms with Crippen LogP contribution >= 0.6 is 0 Å². The third-order valence-corrected chi connectivity index (χ3v) is 12.6. The summed E-state index contributed by atoms with van der Waals surface area (Å²) in [6.07, 6.45) is 51.6. The smallest absolute Gasteiger partial charge is 0.220 e. The molecular weight excluding hydrogens is 803 g/mol. The van der Waals surface area contributed by atoms with Crippen molar-refractivity contribution in [1.29, 1.82) is 0 Å². The van der Waals surface area contributed by atoms with Crippen LogP contribution in [0.25, 0.3) is 0 Å². The highest BCUT2D eigenvalue weighted by molar-refractivity contribution is 5.76. The predicted molar refractivity (Wildman–Crippen MR) is 267 cm³/mol. The first kappa shape index (κ1) is 60.2. The van der Waals surface area contributed by atoms with E-state index in [1.807, 2.05) is 6.08 Å². The number of aliphatic hydroxyl groups is 5. The molecule has 1 saturated heterocycles. The number of hydrogen-bond acceptors (Lipinski definition) is 8. The minimum atomic E-state index is -1.57. The van der Waals surface area contributed by atoms with Crippen molar-refractivity contribution in [3.63, 3.8) is 0 Å².